The van der Waals surface area contributed by atoms with Gasteiger partial charge in [-0.05, 0) is 55.8 Å². The van der Waals surface area contributed by atoms with Crippen molar-refractivity contribution in [1.29, 1.82) is 5.26 Å². The summed E-state index contributed by atoms with van der Waals surface area (Å²) >= 11 is 1.29. The molecule has 0 bridgehead atoms. The Hall–Kier alpha value is -3.56. The molecule has 0 atom stereocenters. The van der Waals surface area contributed by atoms with Gasteiger partial charge in [0, 0.05) is 16.3 Å². The zero-order chi connectivity index (χ0) is 21.5. The Morgan fingerprint density at radius 3 is 2.53 bits per heavy atom. The molecule has 0 spiro atoms. The van der Waals surface area contributed by atoms with E-state index in [0.717, 1.165) is 21.7 Å². The number of nitrogens with one attached hydrogen (secondary N) is 2. The van der Waals surface area contributed by atoms with Gasteiger partial charge in [0.2, 0.25) is 5.91 Å². The van der Waals surface area contributed by atoms with Crippen LogP contribution < -0.4 is 10.6 Å². The van der Waals surface area contributed by atoms with Gasteiger partial charge in [-0.1, -0.05) is 35.9 Å². The number of hydrogen-bond acceptors (Lipinski definition) is 4. The van der Waals surface area contributed by atoms with Crippen LogP contribution in [-0.4, -0.2) is 17.6 Å². The topological polar surface area (TPSA) is 82.0 Å². The fraction of sp³-hybridized carbons (Fsp3) is 0.125. The summed E-state index contributed by atoms with van der Waals surface area (Å²) in [4.78, 5) is 25.9. The molecule has 0 aliphatic heterocycles. The summed E-state index contributed by atoms with van der Waals surface area (Å²) in [6, 6.07) is 21.9. The summed E-state index contributed by atoms with van der Waals surface area (Å²) in [5.74, 6) is -0.281. The van der Waals surface area contributed by atoms with Crippen LogP contribution in [0.1, 0.15) is 27.0 Å². The lowest BCUT2D eigenvalue weighted by Crippen LogP contribution is -2.16. The highest BCUT2D eigenvalue weighted by molar-refractivity contribution is 8.00. The molecule has 2 N–H and O–H groups in total. The van der Waals surface area contributed by atoms with Gasteiger partial charge in [-0.2, -0.15) is 5.26 Å². The molecule has 6 heteroatoms. The molecule has 3 rings (SSSR count). The first-order valence-corrected chi connectivity index (χ1v) is 10.4. The Bertz CT molecular complexity index is 1140. The minimum absolute atomic E-state index is 0.143. The molecule has 0 heterocycles. The zero-order valence-electron chi connectivity index (χ0n) is 16.7. The van der Waals surface area contributed by atoms with Gasteiger partial charge < -0.3 is 10.6 Å². The number of carbonyl (C=O) groups excluding carboxylic acids is 2. The van der Waals surface area contributed by atoms with E-state index in [-0.39, 0.29) is 17.6 Å². The molecule has 2 amide bonds. The van der Waals surface area contributed by atoms with Crippen molar-refractivity contribution in [1.82, 2.24) is 0 Å². The van der Waals surface area contributed by atoms with Crippen molar-refractivity contribution in [2.24, 2.45) is 0 Å². The lowest BCUT2D eigenvalue weighted by molar-refractivity contribution is -0.113. The van der Waals surface area contributed by atoms with Gasteiger partial charge in [0.05, 0.1) is 22.9 Å². The van der Waals surface area contributed by atoms with E-state index < -0.39 is 0 Å². The van der Waals surface area contributed by atoms with E-state index in [2.05, 4.69) is 10.6 Å². The Balaban J connectivity index is 1.66. The number of nitriles is 1. The van der Waals surface area contributed by atoms with Crippen LogP contribution in [0.15, 0.2) is 71.6 Å². The number of hydrogen-bond donors (Lipinski definition) is 2. The third-order valence-corrected chi connectivity index (χ3v) is 5.47. The first kappa shape index (κ1) is 21.2. The Morgan fingerprint density at radius 2 is 1.77 bits per heavy atom. The van der Waals surface area contributed by atoms with Gasteiger partial charge in [-0.3, -0.25) is 9.59 Å². The molecule has 30 heavy (non-hydrogen) atoms. The average Bonchev–Trinajstić information content (AvgIpc) is 2.74. The van der Waals surface area contributed by atoms with E-state index in [1.54, 1.807) is 36.4 Å². The van der Waals surface area contributed by atoms with Crippen molar-refractivity contribution in [2.45, 2.75) is 18.7 Å². The van der Waals surface area contributed by atoms with Gasteiger partial charge >= 0.3 is 0 Å². The van der Waals surface area contributed by atoms with Gasteiger partial charge in [-0.25, -0.2) is 0 Å². The van der Waals surface area contributed by atoms with E-state index in [9.17, 15) is 9.59 Å². The average molecular weight is 416 g/mol. The van der Waals surface area contributed by atoms with Crippen LogP contribution >= 0.6 is 11.8 Å². The summed E-state index contributed by atoms with van der Waals surface area (Å²) in [6.07, 6.45) is 0. The van der Waals surface area contributed by atoms with Gasteiger partial charge in [0.1, 0.15) is 0 Å². The van der Waals surface area contributed by atoms with Crippen molar-refractivity contribution in [3.8, 4) is 6.07 Å². The maximum absolute atomic E-state index is 12.8. The van der Waals surface area contributed by atoms with Gasteiger partial charge in [-0.15, -0.1) is 11.8 Å². The van der Waals surface area contributed by atoms with E-state index >= 15 is 0 Å². The molecule has 0 aromatic heterocycles. The molecule has 0 saturated heterocycles. The molecule has 3 aromatic rings. The molecule has 0 aliphatic carbocycles. The SMILES string of the molecule is Cc1ccc(NC(=O)c2ccccc2SCC(=O)Nc2cccc(C#N)c2)c(C)c1. The maximum atomic E-state index is 12.8. The van der Waals surface area contributed by atoms with Crippen LogP contribution in [0.2, 0.25) is 0 Å². The standard InChI is InChI=1S/C24H21N3O2S/c1-16-10-11-21(17(2)12-16)27-24(29)20-8-3-4-9-22(20)30-15-23(28)26-19-7-5-6-18(13-19)14-25/h3-13H,15H2,1-2H3,(H,26,28)(H,27,29). The van der Waals surface area contributed by atoms with Crippen LogP contribution in [0, 0.1) is 25.2 Å². The van der Waals surface area contributed by atoms with E-state index in [4.69, 9.17) is 5.26 Å². The molecule has 5 nitrogen and oxygen atoms in total. The monoisotopic (exact) mass is 415 g/mol. The molecule has 0 radical (unpaired) electrons. The maximum Gasteiger partial charge on any atom is 0.256 e. The molecule has 0 aliphatic rings. The Morgan fingerprint density at radius 1 is 0.967 bits per heavy atom. The van der Waals surface area contributed by atoms with Crippen molar-refractivity contribution < 1.29 is 9.59 Å². The predicted molar refractivity (Wildman–Crippen MR) is 121 cm³/mol. The molecule has 150 valence electrons. The Kier molecular flexibility index (Phi) is 6.89. The highest BCUT2D eigenvalue weighted by Gasteiger charge is 2.14. The highest BCUT2D eigenvalue weighted by atomic mass is 32.2. The van der Waals surface area contributed by atoms with Gasteiger partial charge in [0.25, 0.3) is 5.91 Å². The fourth-order valence-electron chi connectivity index (χ4n) is 2.93. The van der Waals surface area contributed by atoms with Crippen molar-refractivity contribution in [3.63, 3.8) is 0 Å². The minimum atomic E-state index is -0.216. The van der Waals surface area contributed by atoms with Crippen molar-refractivity contribution in [2.75, 3.05) is 16.4 Å². The minimum Gasteiger partial charge on any atom is -0.325 e. The molecule has 0 saturated carbocycles. The van der Waals surface area contributed by atoms with E-state index in [1.807, 2.05) is 50.2 Å². The van der Waals surface area contributed by atoms with Crippen LogP contribution in [0.4, 0.5) is 11.4 Å². The van der Waals surface area contributed by atoms with Crippen LogP contribution in [0.3, 0.4) is 0 Å². The zero-order valence-corrected chi connectivity index (χ0v) is 17.5. The highest BCUT2D eigenvalue weighted by Crippen LogP contribution is 2.25. The molecular formula is C24H21N3O2S. The number of nitrogens with zero attached hydrogens (tertiary/aromatic N) is 1. The first-order chi connectivity index (χ1) is 14.5. The number of anilines is 2. The summed E-state index contributed by atoms with van der Waals surface area (Å²) in [7, 11) is 0. The summed E-state index contributed by atoms with van der Waals surface area (Å²) in [5.41, 5.74) is 4.46. The number of thioether (sulfide) groups is 1. The molecular weight excluding hydrogens is 394 g/mol. The predicted octanol–water partition coefficient (Wildman–Crippen LogP) is 5.16. The number of carbonyl (C=O) groups is 2. The number of rotatable bonds is 6. The second-order valence-corrected chi connectivity index (χ2v) is 7.82. The third kappa shape index (κ3) is 5.49. The lowest BCUT2D eigenvalue weighted by Gasteiger charge is -2.12. The van der Waals surface area contributed by atoms with E-state index in [1.165, 1.54) is 11.8 Å². The fourth-order valence-corrected chi connectivity index (χ4v) is 3.78. The summed E-state index contributed by atoms with van der Waals surface area (Å²) < 4.78 is 0. The Labute approximate surface area is 180 Å². The third-order valence-electron chi connectivity index (χ3n) is 4.40. The lowest BCUT2D eigenvalue weighted by atomic mass is 10.1. The van der Waals surface area contributed by atoms with E-state index in [0.29, 0.717) is 16.8 Å². The van der Waals surface area contributed by atoms with Gasteiger partial charge in [0.15, 0.2) is 0 Å². The quantitative estimate of drug-likeness (QED) is 0.545. The second kappa shape index (κ2) is 9.77. The second-order valence-electron chi connectivity index (χ2n) is 6.80. The normalized spacial score (nSPS) is 10.2. The van der Waals surface area contributed by atoms with Crippen LogP contribution in [0.5, 0.6) is 0 Å². The van der Waals surface area contributed by atoms with Crippen LogP contribution in [0.25, 0.3) is 0 Å². The summed E-state index contributed by atoms with van der Waals surface area (Å²) in [5, 5.41) is 14.7. The number of benzene rings is 3. The number of aryl methyl sites for hydroxylation is 2. The number of amides is 2. The molecule has 3 aromatic carbocycles. The van der Waals surface area contributed by atoms with Crippen molar-refractivity contribution >= 4 is 35.0 Å². The first-order valence-electron chi connectivity index (χ1n) is 9.36. The van der Waals surface area contributed by atoms with Crippen LogP contribution in [-0.2, 0) is 4.79 Å². The summed E-state index contributed by atoms with van der Waals surface area (Å²) in [6.45, 7) is 3.96. The molecule has 0 unspecified atom stereocenters. The smallest absolute Gasteiger partial charge is 0.256 e. The van der Waals surface area contributed by atoms with Crippen molar-refractivity contribution in [3.05, 3.63) is 89.0 Å². The molecule has 0 fully saturated rings. The largest absolute Gasteiger partial charge is 0.325 e.